The molecule has 3 rings (SSSR count). The smallest absolute Gasteiger partial charge is 0.258 e. The van der Waals surface area contributed by atoms with Gasteiger partial charge in [-0.05, 0) is 37.1 Å². The van der Waals surface area contributed by atoms with E-state index in [4.69, 9.17) is 4.74 Å². The number of anilines is 1. The van der Waals surface area contributed by atoms with Crippen LogP contribution in [0, 0.1) is 0 Å². The van der Waals surface area contributed by atoms with Crippen molar-refractivity contribution in [2.75, 3.05) is 25.6 Å². The van der Waals surface area contributed by atoms with Crippen LogP contribution >= 0.6 is 0 Å². The van der Waals surface area contributed by atoms with Crippen LogP contribution in [0.15, 0.2) is 53.6 Å². The molecule has 28 heavy (non-hydrogen) atoms. The van der Waals surface area contributed by atoms with Gasteiger partial charge in [0.25, 0.3) is 5.91 Å². The van der Waals surface area contributed by atoms with E-state index in [1.807, 2.05) is 74.4 Å². The van der Waals surface area contributed by atoms with Crippen molar-refractivity contribution in [3.63, 3.8) is 0 Å². The largest absolute Gasteiger partial charge is 0.494 e. The highest BCUT2D eigenvalue weighted by molar-refractivity contribution is 5.85. The molecule has 1 aliphatic heterocycles. The number of carbonyl (C=O) groups excluding carboxylic acids is 1. The first-order valence-electron chi connectivity index (χ1n) is 9.41. The molecule has 7 nitrogen and oxygen atoms in total. The molecule has 2 aromatic rings. The van der Waals surface area contributed by atoms with E-state index in [1.165, 1.54) is 0 Å². The number of hydrogen-bond donors (Lipinski definition) is 3. The third-order valence-corrected chi connectivity index (χ3v) is 4.61. The second kappa shape index (κ2) is 9.34. The summed E-state index contributed by atoms with van der Waals surface area (Å²) in [6.07, 6.45) is 2.25. The fraction of sp³-hybridized carbons (Fsp3) is 0.333. The topological polar surface area (TPSA) is 78.0 Å². The van der Waals surface area contributed by atoms with E-state index >= 15 is 0 Å². The maximum atomic E-state index is 12.4. The molecule has 0 aliphatic carbocycles. The summed E-state index contributed by atoms with van der Waals surface area (Å²) < 4.78 is 5.69. The summed E-state index contributed by atoms with van der Waals surface area (Å²) in [4.78, 5) is 14.4. The van der Waals surface area contributed by atoms with Crippen LogP contribution in [0.2, 0.25) is 0 Å². The summed E-state index contributed by atoms with van der Waals surface area (Å²) in [7, 11) is 3.98. The van der Waals surface area contributed by atoms with Gasteiger partial charge in [0.1, 0.15) is 11.8 Å². The SMILES string of the molecule is CCOc1ccccc1C1CC(C(=O)N/N=C/c2ccc(N(C)C)cc2)NN1. The van der Waals surface area contributed by atoms with E-state index in [9.17, 15) is 4.79 Å². The van der Waals surface area contributed by atoms with E-state index in [1.54, 1.807) is 6.21 Å². The van der Waals surface area contributed by atoms with Crippen LogP contribution in [0.4, 0.5) is 5.69 Å². The van der Waals surface area contributed by atoms with E-state index in [0.29, 0.717) is 13.0 Å². The number of rotatable bonds is 7. The molecule has 1 aliphatic rings. The summed E-state index contributed by atoms with van der Waals surface area (Å²) in [6.45, 7) is 2.56. The van der Waals surface area contributed by atoms with Crippen LogP contribution in [0.25, 0.3) is 0 Å². The lowest BCUT2D eigenvalue weighted by Crippen LogP contribution is -2.41. The zero-order valence-electron chi connectivity index (χ0n) is 16.5. The normalized spacial score (nSPS) is 19.0. The van der Waals surface area contributed by atoms with Crippen molar-refractivity contribution in [2.45, 2.75) is 25.4 Å². The Labute approximate surface area is 165 Å². The number of benzene rings is 2. The molecule has 0 saturated carbocycles. The van der Waals surface area contributed by atoms with E-state index in [2.05, 4.69) is 21.4 Å². The molecule has 148 valence electrons. The van der Waals surface area contributed by atoms with Gasteiger partial charge < -0.3 is 9.64 Å². The lowest BCUT2D eigenvalue weighted by molar-refractivity contribution is -0.122. The predicted molar refractivity (Wildman–Crippen MR) is 112 cm³/mol. The molecule has 0 radical (unpaired) electrons. The summed E-state index contributed by atoms with van der Waals surface area (Å²) in [6, 6.07) is 15.4. The molecule has 1 saturated heterocycles. The Kier molecular flexibility index (Phi) is 6.62. The Morgan fingerprint density at radius 2 is 1.96 bits per heavy atom. The molecule has 2 aromatic carbocycles. The number of ether oxygens (including phenoxy) is 1. The Bertz CT molecular complexity index is 820. The van der Waals surface area contributed by atoms with Crippen LogP contribution in [0.1, 0.15) is 30.5 Å². The molecule has 2 atom stereocenters. The van der Waals surface area contributed by atoms with Crippen LogP contribution in [0.3, 0.4) is 0 Å². The lowest BCUT2D eigenvalue weighted by atomic mass is 10.0. The lowest BCUT2D eigenvalue weighted by Gasteiger charge is -2.15. The number of hydrogen-bond acceptors (Lipinski definition) is 6. The van der Waals surface area contributed by atoms with Gasteiger partial charge in [-0.15, -0.1) is 0 Å². The Balaban J connectivity index is 1.55. The molecule has 1 amide bonds. The third kappa shape index (κ3) is 4.88. The van der Waals surface area contributed by atoms with Crippen LogP contribution < -0.4 is 25.9 Å². The molecular weight excluding hydrogens is 354 g/mol. The fourth-order valence-corrected chi connectivity index (χ4v) is 3.09. The Hall–Kier alpha value is -2.90. The minimum atomic E-state index is -0.368. The Morgan fingerprint density at radius 3 is 2.68 bits per heavy atom. The van der Waals surface area contributed by atoms with Crippen molar-refractivity contribution >= 4 is 17.8 Å². The number of nitrogens with zero attached hydrogens (tertiary/aromatic N) is 2. The van der Waals surface area contributed by atoms with E-state index < -0.39 is 0 Å². The summed E-state index contributed by atoms with van der Waals surface area (Å²) in [5, 5.41) is 4.07. The summed E-state index contributed by atoms with van der Waals surface area (Å²) >= 11 is 0. The van der Waals surface area contributed by atoms with Gasteiger partial charge in [-0.3, -0.25) is 4.79 Å². The van der Waals surface area contributed by atoms with Gasteiger partial charge in [0.2, 0.25) is 0 Å². The van der Waals surface area contributed by atoms with Gasteiger partial charge in [0.05, 0.1) is 18.9 Å². The number of carbonyl (C=O) groups is 1. The summed E-state index contributed by atoms with van der Waals surface area (Å²) in [5.41, 5.74) is 11.9. The van der Waals surface area contributed by atoms with Crippen molar-refractivity contribution in [1.29, 1.82) is 0 Å². The highest BCUT2D eigenvalue weighted by Gasteiger charge is 2.31. The summed E-state index contributed by atoms with van der Waals surface area (Å²) in [5.74, 6) is 0.662. The maximum Gasteiger partial charge on any atom is 0.258 e. The Morgan fingerprint density at radius 1 is 1.21 bits per heavy atom. The molecule has 0 spiro atoms. The maximum absolute atomic E-state index is 12.4. The van der Waals surface area contributed by atoms with E-state index in [0.717, 1.165) is 22.6 Å². The number of amides is 1. The van der Waals surface area contributed by atoms with Crippen LogP contribution in [-0.2, 0) is 4.79 Å². The average Bonchev–Trinajstić information content (AvgIpc) is 3.19. The first kappa shape index (κ1) is 19.9. The molecule has 1 fully saturated rings. The van der Waals surface area contributed by atoms with Crippen molar-refractivity contribution in [2.24, 2.45) is 5.10 Å². The van der Waals surface area contributed by atoms with Gasteiger partial charge in [-0.2, -0.15) is 5.10 Å². The minimum absolute atomic E-state index is 0.000979. The number of hydrazine groups is 1. The molecule has 3 N–H and O–H groups in total. The van der Waals surface area contributed by atoms with Crippen molar-refractivity contribution in [3.8, 4) is 5.75 Å². The highest BCUT2D eigenvalue weighted by Crippen LogP contribution is 2.30. The minimum Gasteiger partial charge on any atom is -0.494 e. The van der Waals surface area contributed by atoms with Crippen molar-refractivity contribution in [1.82, 2.24) is 16.3 Å². The third-order valence-electron chi connectivity index (χ3n) is 4.61. The van der Waals surface area contributed by atoms with Gasteiger partial charge in [0, 0.05) is 25.3 Å². The monoisotopic (exact) mass is 381 g/mol. The fourth-order valence-electron chi connectivity index (χ4n) is 3.09. The molecule has 7 heteroatoms. The second-order valence-corrected chi connectivity index (χ2v) is 6.82. The van der Waals surface area contributed by atoms with E-state index in [-0.39, 0.29) is 18.0 Å². The zero-order valence-corrected chi connectivity index (χ0v) is 16.5. The molecule has 2 unspecified atom stereocenters. The van der Waals surface area contributed by atoms with Crippen molar-refractivity contribution in [3.05, 3.63) is 59.7 Å². The van der Waals surface area contributed by atoms with Crippen LogP contribution in [0.5, 0.6) is 5.75 Å². The molecule has 0 aromatic heterocycles. The molecule has 0 bridgehead atoms. The predicted octanol–water partition coefficient (Wildman–Crippen LogP) is 2.21. The van der Waals surface area contributed by atoms with Crippen molar-refractivity contribution < 1.29 is 9.53 Å². The number of hydrazone groups is 1. The van der Waals surface area contributed by atoms with Gasteiger partial charge in [-0.1, -0.05) is 30.3 Å². The van der Waals surface area contributed by atoms with Crippen LogP contribution in [-0.4, -0.2) is 38.9 Å². The van der Waals surface area contributed by atoms with Gasteiger partial charge in [0.15, 0.2) is 0 Å². The zero-order chi connectivity index (χ0) is 19.9. The van der Waals surface area contributed by atoms with Gasteiger partial charge in [-0.25, -0.2) is 16.3 Å². The number of nitrogens with one attached hydrogen (secondary N) is 3. The first-order valence-corrected chi connectivity index (χ1v) is 9.41. The standard InChI is InChI=1S/C21H27N5O2/c1-4-28-20-8-6-5-7-17(20)18-13-19(24-23-18)21(27)25-22-14-15-9-11-16(12-10-15)26(2)3/h5-12,14,18-19,23-24H,4,13H2,1-3H3,(H,25,27)/b22-14+. The quantitative estimate of drug-likeness (QED) is 0.506. The van der Waals surface area contributed by atoms with Gasteiger partial charge >= 0.3 is 0 Å². The number of para-hydroxylation sites is 1. The highest BCUT2D eigenvalue weighted by atomic mass is 16.5. The second-order valence-electron chi connectivity index (χ2n) is 6.82. The first-order chi connectivity index (χ1) is 13.6. The molecular formula is C21H27N5O2. The average molecular weight is 381 g/mol. The molecule has 1 heterocycles.